The summed E-state index contributed by atoms with van der Waals surface area (Å²) in [4.78, 5) is 26.7. The molecule has 33 heavy (non-hydrogen) atoms. The number of cyclic esters (lactones) is 2. The van der Waals surface area contributed by atoms with Gasteiger partial charge in [0.1, 0.15) is 30.6 Å². The lowest BCUT2D eigenvalue weighted by atomic mass is 10.0. The smallest absolute Gasteiger partial charge is 0.414 e. The fraction of sp³-hybridized carbons (Fsp3) is 0.364. The number of hydrogen-bond donors (Lipinski definition) is 1. The van der Waals surface area contributed by atoms with Gasteiger partial charge in [0.2, 0.25) is 0 Å². The standard InChI is InChI=1S/C22H23F2N3O6/c1-30-12-31-11-16-10-27(22(29)33-16)14-3-5-18(20(24)7-14)17-4-2-13(6-19(17)23)26-9-15(8-25)32-21(26)28/h2-7,15-16H,8-12,25H2,1H3/t15-,16+/m0/s1. The van der Waals surface area contributed by atoms with Crippen molar-refractivity contribution >= 4 is 23.6 Å². The number of halogens is 2. The zero-order chi connectivity index (χ0) is 23.5. The van der Waals surface area contributed by atoms with Gasteiger partial charge in [-0.25, -0.2) is 18.4 Å². The van der Waals surface area contributed by atoms with E-state index in [0.717, 1.165) is 12.1 Å². The largest absolute Gasteiger partial charge is 0.443 e. The number of rotatable bonds is 8. The molecule has 2 atom stereocenters. The number of methoxy groups -OCH3 is 1. The molecule has 2 aliphatic heterocycles. The van der Waals surface area contributed by atoms with Crippen LogP contribution in [0.1, 0.15) is 0 Å². The van der Waals surface area contributed by atoms with Crippen molar-refractivity contribution < 1.29 is 37.3 Å². The molecule has 0 unspecified atom stereocenters. The van der Waals surface area contributed by atoms with Crippen molar-refractivity contribution in [2.45, 2.75) is 12.2 Å². The fourth-order valence-corrected chi connectivity index (χ4v) is 3.72. The minimum absolute atomic E-state index is 0.0131. The quantitative estimate of drug-likeness (QED) is 0.474. The Hall–Kier alpha value is -3.28. The molecule has 4 rings (SSSR count). The van der Waals surface area contributed by atoms with Crippen LogP contribution < -0.4 is 15.5 Å². The van der Waals surface area contributed by atoms with Crippen LogP contribution in [0.4, 0.5) is 29.7 Å². The van der Waals surface area contributed by atoms with Crippen molar-refractivity contribution in [2.75, 3.05) is 49.9 Å². The second-order valence-electron chi connectivity index (χ2n) is 7.57. The second-order valence-corrected chi connectivity index (χ2v) is 7.57. The molecule has 0 radical (unpaired) electrons. The van der Waals surface area contributed by atoms with E-state index in [1.807, 2.05) is 0 Å². The first kappa shape index (κ1) is 22.9. The van der Waals surface area contributed by atoms with Crippen molar-refractivity contribution in [3.05, 3.63) is 48.0 Å². The minimum atomic E-state index is -0.713. The molecule has 11 heteroatoms. The predicted octanol–water partition coefficient (Wildman–Crippen LogP) is 2.86. The maximum Gasteiger partial charge on any atom is 0.414 e. The monoisotopic (exact) mass is 463 g/mol. The molecule has 0 aliphatic carbocycles. The van der Waals surface area contributed by atoms with Crippen molar-refractivity contribution in [1.82, 2.24) is 0 Å². The highest BCUT2D eigenvalue weighted by Crippen LogP contribution is 2.33. The van der Waals surface area contributed by atoms with Gasteiger partial charge < -0.3 is 24.7 Å². The number of carbonyl (C=O) groups is 2. The summed E-state index contributed by atoms with van der Waals surface area (Å²) in [6.45, 7) is 0.756. The summed E-state index contributed by atoms with van der Waals surface area (Å²) in [6, 6.07) is 8.08. The van der Waals surface area contributed by atoms with Gasteiger partial charge in [-0.05, 0) is 36.4 Å². The fourth-order valence-electron chi connectivity index (χ4n) is 3.72. The summed E-state index contributed by atoms with van der Waals surface area (Å²) >= 11 is 0. The number of ether oxygens (including phenoxy) is 4. The van der Waals surface area contributed by atoms with Crippen LogP contribution in [-0.4, -0.2) is 64.5 Å². The van der Waals surface area contributed by atoms with Crippen LogP contribution >= 0.6 is 0 Å². The maximum atomic E-state index is 14.9. The van der Waals surface area contributed by atoms with Crippen LogP contribution in [0.25, 0.3) is 11.1 Å². The van der Waals surface area contributed by atoms with E-state index in [1.54, 1.807) is 0 Å². The summed E-state index contributed by atoms with van der Waals surface area (Å²) in [7, 11) is 1.48. The van der Waals surface area contributed by atoms with Gasteiger partial charge in [-0.1, -0.05) is 0 Å². The lowest BCUT2D eigenvalue weighted by Crippen LogP contribution is -2.27. The van der Waals surface area contributed by atoms with Gasteiger partial charge in [0.25, 0.3) is 0 Å². The van der Waals surface area contributed by atoms with Crippen molar-refractivity contribution in [2.24, 2.45) is 5.73 Å². The first-order valence-corrected chi connectivity index (χ1v) is 10.2. The molecule has 2 aliphatic rings. The molecular weight excluding hydrogens is 440 g/mol. The molecule has 0 spiro atoms. The minimum Gasteiger partial charge on any atom is -0.443 e. The number of amides is 2. The third kappa shape index (κ3) is 4.75. The van der Waals surface area contributed by atoms with Crippen LogP contribution in [0, 0.1) is 11.6 Å². The van der Waals surface area contributed by atoms with Crippen LogP contribution in [-0.2, 0) is 18.9 Å². The number of hydrogen-bond acceptors (Lipinski definition) is 7. The number of benzene rings is 2. The van der Waals surface area contributed by atoms with E-state index in [2.05, 4.69) is 0 Å². The van der Waals surface area contributed by atoms with Crippen LogP contribution in [0.2, 0.25) is 0 Å². The van der Waals surface area contributed by atoms with Gasteiger partial charge >= 0.3 is 12.2 Å². The Morgan fingerprint density at radius 2 is 1.45 bits per heavy atom. The highest BCUT2D eigenvalue weighted by atomic mass is 19.1. The van der Waals surface area contributed by atoms with E-state index >= 15 is 0 Å². The Bertz CT molecular complexity index is 1050. The zero-order valence-electron chi connectivity index (χ0n) is 17.8. The SMILES string of the molecule is COCOC[C@H]1CN(c2ccc(-c3ccc(N4C[C@H](CN)OC4=O)cc3F)c(F)c2)C(=O)O1. The number of anilines is 2. The van der Waals surface area contributed by atoms with E-state index in [9.17, 15) is 18.4 Å². The van der Waals surface area contributed by atoms with Crippen LogP contribution in [0.3, 0.4) is 0 Å². The molecule has 2 amide bonds. The summed E-state index contributed by atoms with van der Waals surface area (Å²) in [5.74, 6) is -1.42. The Morgan fingerprint density at radius 1 is 0.939 bits per heavy atom. The zero-order valence-corrected chi connectivity index (χ0v) is 17.8. The van der Waals surface area contributed by atoms with Gasteiger partial charge in [0, 0.05) is 24.8 Å². The molecule has 9 nitrogen and oxygen atoms in total. The highest BCUT2D eigenvalue weighted by molar-refractivity contribution is 5.91. The van der Waals surface area contributed by atoms with Crippen LogP contribution in [0.5, 0.6) is 0 Å². The first-order valence-electron chi connectivity index (χ1n) is 10.2. The Kier molecular flexibility index (Phi) is 6.72. The molecule has 0 bridgehead atoms. The summed E-state index contributed by atoms with van der Waals surface area (Å²) in [5.41, 5.74) is 6.11. The topological polar surface area (TPSA) is 104 Å². The number of nitrogens with two attached hydrogens (primary N) is 1. The molecule has 0 saturated carbocycles. The molecule has 2 aromatic carbocycles. The van der Waals surface area contributed by atoms with E-state index in [4.69, 9.17) is 24.7 Å². The van der Waals surface area contributed by atoms with E-state index in [1.165, 1.54) is 41.2 Å². The van der Waals surface area contributed by atoms with Gasteiger partial charge in [-0.2, -0.15) is 0 Å². The normalized spacial score (nSPS) is 20.4. The molecule has 176 valence electrons. The summed E-state index contributed by atoms with van der Waals surface area (Å²) in [6.07, 6.45) is -2.22. The summed E-state index contributed by atoms with van der Waals surface area (Å²) < 4.78 is 50.0. The summed E-state index contributed by atoms with van der Waals surface area (Å²) in [5, 5.41) is 0. The molecule has 2 saturated heterocycles. The third-order valence-electron chi connectivity index (χ3n) is 5.33. The van der Waals surface area contributed by atoms with Crippen LogP contribution in [0.15, 0.2) is 36.4 Å². The van der Waals surface area contributed by atoms with Gasteiger partial charge in [-0.3, -0.25) is 9.80 Å². The van der Waals surface area contributed by atoms with Gasteiger partial charge in [0.15, 0.2) is 0 Å². The third-order valence-corrected chi connectivity index (χ3v) is 5.33. The van der Waals surface area contributed by atoms with Crippen molar-refractivity contribution in [3.63, 3.8) is 0 Å². The van der Waals surface area contributed by atoms with Gasteiger partial charge in [0.05, 0.1) is 31.1 Å². The lowest BCUT2D eigenvalue weighted by molar-refractivity contribution is -0.0555. The highest BCUT2D eigenvalue weighted by Gasteiger charge is 2.34. The molecule has 2 N–H and O–H groups in total. The molecular formula is C22H23F2N3O6. The second kappa shape index (κ2) is 9.69. The van der Waals surface area contributed by atoms with Crippen molar-refractivity contribution in [3.8, 4) is 11.1 Å². The molecule has 0 aromatic heterocycles. The Morgan fingerprint density at radius 3 is 1.91 bits per heavy atom. The average molecular weight is 463 g/mol. The van der Waals surface area contributed by atoms with Crippen molar-refractivity contribution in [1.29, 1.82) is 0 Å². The molecule has 2 heterocycles. The van der Waals surface area contributed by atoms with Gasteiger partial charge in [-0.15, -0.1) is 0 Å². The average Bonchev–Trinajstić information content (AvgIpc) is 3.36. The first-order chi connectivity index (χ1) is 15.9. The maximum absolute atomic E-state index is 14.9. The molecule has 2 fully saturated rings. The Labute approximate surface area is 188 Å². The van der Waals surface area contributed by atoms with E-state index in [0.29, 0.717) is 0 Å². The molecule has 2 aromatic rings. The van der Waals surface area contributed by atoms with E-state index in [-0.39, 0.29) is 55.5 Å². The lowest BCUT2D eigenvalue weighted by Gasteiger charge is -2.16. The Balaban J connectivity index is 1.50. The number of carbonyl (C=O) groups excluding carboxylic acids is 2. The van der Waals surface area contributed by atoms with E-state index < -0.39 is 36.0 Å². The number of nitrogens with zero attached hydrogens (tertiary/aromatic N) is 2. The predicted molar refractivity (Wildman–Crippen MR) is 114 cm³/mol.